The number of aliphatic carboxylic acids is 1. The van der Waals surface area contributed by atoms with E-state index in [4.69, 9.17) is 16.7 Å². The first-order chi connectivity index (χ1) is 13.4. The Morgan fingerprint density at radius 3 is 2.59 bits per heavy atom. The van der Waals surface area contributed by atoms with Crippen LogP contribution in [0.3, 0.4) is 0 Å². The van der Waals surface area contributed by atoms with E-state index in [9.17, 15) is 32.5 Å². The minimum atomic E-state index is -5.10. The third-order valence-electron chi connectivity index (χ3n) is 3.53. The van der Waals surface area contributed by atoms with Crippen LogP contribution >= 0.6 is 27.5 Å². The van der Waals surface area contributed by atoms with Gasteiger partial charge in [0.15, 0.2) is 0 Å². The molecule has 0 saturated heterocycles. The van der Waals surface area contributed by atoms with E-state index >= 15 is 0 Å². The van der Waals surface area contributed by atoms with Crippen molar-refractivity contribution in [3.8, 4) is 5.75 Å². The maximum Gasteiger partial charge on any atom is 0.573 e. The summed E-state index contributed by atoms with van der Waals surface area (Å²) in [4.78, 5) is 21.6. The zero-order chi connectivity index (χ0) is 21.9. The van der Waals surface area contributed by atoms with E-state index in [0.717, 1.165) is 18.2 Å². The summed E-state index contributed by atoms with van der Waals surface area (Å²) >= 11 is 8.82. The highest BCUT2D eigenvalue weighted by molar-refractivity contribution is 9.10. The van der Waals surface area contributed by atoms with Crippen molar-refractivity contribution < 1.29 is 37.1 Å². The third kappa shape index (κ3) is 5.94. The SMILES string of the molecule is O=C(O)C[C@@H](Nc1cc(Br)c(F)cc1[N+](=O)[O-])c1c(Cl)cccc1OC(F)(F)F. The van der Waals surface area contributed by atoms with Crippen LogP contribution in [-0.4, -0.2) is 22.4 Å². The van der Waals surface area contributed by atoms with Gasteiger partial charge in [-0.3, -0.25) is 14.9 Å². The van der Waals surface area contributed by atoms with Gasteiger partial charge in [-0.25, -0.2) is 4.39 Å². The fourth-order valence-corrected chi connectivity index (χ4v) is 3.10. The summed E-state index contributed by atoms with van der Waals surface area (Å²) in [7, 11) is 0. The van der Waals surface area contributed by atoms with Crippen molar-refractivity contribution >= 4 is 44.9 Å². The first kappa shape index (κ1) is 22.7. The van der Waals surface area contributed by atoms with Crippen LogP contribution in [0.4, 0.5) is 28.9 Å². The Morgan fingerprint density at radius 2 is 2.03 bits per heavy atom. The van der Waals surface area contributed by atoms with Crippen molar-refractivity contribution in [1.29, 1.82) is 0 Å². The average molecular weight is 502 g/mol. The Hall–Kier alpha value is -2.60. The van der Waals surface area contributed by atoms with Gasteiger partial charge in [0.05, 0.1) is 27.9 Å². The molecule has 2 N–H and O–H groups in total. The summed E-state index contributed by atoms with van der Waals surface area (Å²) in [5, 5.41) is 22.6. The van der Waals surface area contributed by atoms with Gasteiger partial charge in [-0.15, -0.1) is 13.2 Å². The molecule has 0 saturated carbocycles. The summed E-state index contributed by atoms with van der Waals surface area (Å²) < 4.78 is 55.6. The van der Waals surface area contributed by atoms with Crippen LogP contribution in [0.1, 0.15) is 18.0 Å². The molecule has 0 amide bonds. The van der Waals surface area contributed by atoms with Gasteiger partial charge in [0.1, 0.15) is 17.3 Å². The number of nitro benzene ring substituents is 1. The average Bonchev–Trinajstić information content (AvgIpc) is 2.55. The number of nitrogens with zero attached hydrogens (tertiary/aromatic N) is 1. The van der Waals surface area contributed by atoms with E-state index in [1.165, 1.54) is 6.07 Å². The largest absolute Gasteiger partial charge is 0.573 e. The van der Waals surface area contributed by atoms with Crippen molar-refractivity contribution in [2.75, 3.05) is 5.32 Å². The normalized spacial score (nSPS) is 12.3. The molecule has 0 radical (unpaired) electrons. The lowest BCUT2D eigenvalue weighted by molar-refractivity contribution is -0.384. The van der Waals surface area contributed by atoms with Crippen molar-refractivity contribution in [3.05, 3.63) is 61.3 Å². The number of halogens is 6. The first-order valence-corrected chi connectivity index (χ1v) is 8.72. The molecule has 0 spiro atoms. The minimum Gasteiger partial charge on any atom is -0.481 e. The highest BCUT2D eigenvalue weighted by Gasteiger charge is 2.34. The molecule has 0 aromatic heterocycles. The Bertz CT molecular complexity index is 958. The fraction of sp³-hybridized carbons (Fsp3) is 0.188. The Balaban J connectivity index is 2.60. The van der Waals surface area contributed by atoms with E-state index in [1.54, 1.807) is 0 Å². The molecule has 2 rings (SSSR count). The molecule has 7 nitrogen and oxygen atoms in total. The lowest BCUT2D eigenvalue weighted by Crippen LogP contribution is -2.22. The second-order valence-electron chi connectivity index (χ2n) is 5.53. The third-order valence-corrected chi connectivity index (χ3v) is 4.47. The van der Waals surface area contributed by atoms with Gasteiger partial charge in [-0.1, -0.05) is 17.7 Å². The molecule has 0 unspecified atom stereocenters. The van der Waals surface area contributed by atoms with E-state index in [1.807, 2.05) is 0 Å². The Kier molecular flexibility index (Phi) is 6.90. The predicted octanol–water partition coefficient (Wildman–Crippen LogP) is 5.68. The smallest absolute Gasteiger partial charge is 0.481 e. The molecule has 13 heteroatoms. The molecule has 0 bridgehead atoms. The zero-order valence-electron chi connectivity index (χ0n) is 14.0. The number of anilines is 1. The van der Waals surface area contributed by atoms with Crippen LogP contribution in [0.25, 0.3) is 0 Å². The summed E-state index contributed by atoms with van der Waals surface area (Å²) in [5.74, 6) is -3.19. The predicted molar refractivity (Wildman–Crippen MR) is 97.5 cm³/mol. The Labute approximate surface area is 173 Å². The number of alkyl halides is 3. The van der Waals surface area contributed by atoms with Gasteiger partial charge in [-0.2, -0.15) is 0 Å². The number of hydrogen-bond acceptors (Lipinski definition) is 5. The maximum atomic E-state index is 13.7. The van der Waals surface area contributed by atoms with Crippen LogP contribution < -0.4 is 10.1 Å². The summed E-state index contributed by atoms with van der Waals surface area (Å²) in [6.45, 7) is 0. The van der Waals surface area contributed by atoms with Crippen LogP contribution in [0.15, 0.2) is 34.8 Å². The molecule has 0 aliphatic carbocycles. The van der Waals surface area contributed by atoms with Crippen molar-refractivity contribution in [3.63, 3.8) is 0 Å². The number of carboxylic acids is 1. The number of benzene rings is 2. The number of rotatable bonds is 7. The van der Waals surface area contributed by atoms with Crippen LogP contribution in [0.5, 0.6) is 5.75 Å². The fourth-order valence-electron chi connectivity index (χ4n) is 2.46. The molecule has 0 aliphatic heterocycles. The second-order valence-corrected chi connectivity index (χ2v) is 6.80. The standard InChI is InChI=1S/C16H10BrClF4N2O5/c17-7-4-10(12(24(27)28)5-9(7)19)23-11(6-14(25)26)15-8(18)2-1-3-13(15)29-16(20,21)22/h1-5,11,23H,6H2,(H,25,26)/t11-/m1/s1. The first-order valence-electron chi connectivity index (χ1n) is 7.55. The number of nitro groups is 1. The molecule has 156 valence electrons. The molecule has 2 aromatic carbocycles. The maximum absolute atomic E-state index is 13.7. The van der Waals surface area contributed by atoms with Gasteiger partial charge in [0, 0.05) is 10.6 Å². The van der Waals surface area contributed by atoms with E-state index in [2.05, 4.69) is 26.0 Å². The molecule has 2 aromatic rings. The lowest BCUT2D eigenvalue weighted by Gasteiger charge is -2.23. The van der Waals surface area contributed by atoms with Crippen molar-refractivity contribution in [1.82, 2.24) is 0 Å². The summed E-state index contributed by atoms with van der Waals surface area (Å²) in [6.07, 6.45) is -5.91. The number of carbonyl (C=O) groups is 1. The van der Waals surface area contributed by atoms with Gasteiger partial charge in [0.25, 0.3) is 5.69 Å². The van der Waals surface area contributed by atoms with Crippen LogP contribution in [-0.2, 0) is 4.79 Å². The second kappa shape index (κ2) is 8.82. The number of ether oxygens (including phenoxy) is 1. The van der Waals surface area contributed by atoms with Crippen LogP contribution in [0.2, 0.25) is 5.02 Å². The quantitative estimate of drug-likeness (QED) is 0.288. The highest BCUT2D eigenvalue weighted by atomic mass is 79.9. The zero-order valence-corrected chi connectivity index (χ0v) is 16.3. The van der Waals surface area contributed by atoms with E-state index in [-0.39, 0.29) is 20.7 Å². The molecule has 0 heterocycles. The van der Waals surface area contributed by atoms with Gasteiger partial charge in [0.2, 0.25) is 0 Å². The molecule has 1 atom stereocenters. The van der Waals surface area contributed by atoms with Gasteiger partial charge in [-0.05, 0) is 34.1 Å². The number of nitrogens with one attached hydrogen (secondary N) is 1. The van der Waals surface area contributed by atoms with Gasteiger partial charge < -0.3 is 15.2 Å². The molecule has 0 aliphatic rings. The summed E-state index contributed by atoms with van der Waals surface area (Å²) in [6, 6.07) is 3.33. The molecule has 0 fully saturated rings. The highest BCUT2D eigenvalue weighted by Crippen LogP contribution is 2.40. The van der Waals surface area contributed by atoms with E-state index < -0.39 is 47.0 Å². The lowest BCUT2D eigenvalue weighted by atomic mass is 10.0. The monoisotopic (exact) mass is 500 g/mol. The Morgan fingerprint density at radius 1 is 1.38 bits per heavy atom. The van der Waals surface area contributed by atoms with E-state index in [0.29, 0.717) is 6.07 Å². The topological polar surface area (TPSA) is 102 Å². The summed E-state index contributed by atoms with van der Waals surface area (Å²) in [5.41, 5.74) is -1.48. The minimum absolute atomic E-state index is 0.189. The number of carboxylic acid groups (broad SMARTS) is 1. The van der Waals surface area contributed by atoms with Crippen LogP contribution in [0, 0.1) is 15.9 Å². The van der Waals surface area contributed by atoms with Crippen molar-refractivity contribution in [2.24, 2.45) is 0 Å². The van der Waals surface area contributed by atoms with Crippen molar-refractivity contribution in [2.45, 2.75) is 18.8 Å². The molecular formula is C16H10BrClF4N2O5. The molecular weight excluding hydrogens is 492 g/mol. The van der Waals surface area contributed by atoms with Gasteiger partial charge >= 0.3 is 12.3 Å². The number of hydrogen-bond donors (Lipinski definition) is 2. The molecule has 29 heavy (non-hydrogen) atoms.